The molecule has 0 spiro atoms. The number of ether oxygens (including phenoxy) is 1. The van der Waals surface area contributed by atoms with E-state index in [1.54, 1.807) is 12.1 Å². The number of nitrogens with one attached hydrogen (secondary N) is 1. The van der Waals surface area contributed by atoms with E-state index in [-0.39, 0.29) is 12.5 Å². The summed E-state index contributed by atoms with van der Waals surface area (Å²) in [4.78, 5) is 17.3. The summed E-state index contributed by atoms with van der Waals surface area (Å²) in [6.45, 7) is 4.57. The smallest absolute Gasteiger partial charge is 0.259 e. The fraction of sp³-hybridized carbons (Fsp3) is 0.167. The Hall–Kier alpha value is -3.60. The molecule has 0 atom stereocenters. The summed E-state index contributed by atoms with van der Waals surface area (Å²) >= 11 is 0. The van der Waals surface area contributed by atoms with Crippen LogP contribution in [0.15, 0.2) is 79.1 Å². The number of imidazole rings is 1. The third-order valence-corrected chi connectivity index (χ3v) is 4.76. The monoisotopic (exact) mass is 385 g/mol. The van der Waals surface area contributed by atoms with Gasteiger partial charge in [0.15, 0.2) is 0 Å². The standard InChI is InChI=1S/C24H23N3O2/c1-17(2)18-10-12-19(13-11-18)26-24(28)21-7-3-4-8-22(21)29-16-20-15-27-14-6-5-9-23(27)25-20/h3-15,17H,16H2,1-2H3,(H,26,28). The Bertz CT molecular complexity index is 1100. The molecule has 29 heavy (non-hydrogen) atoms. The summed E-state index contributed by atoms with van der Waals surface area (Å²) in [5, 5.41) is 2.95. The van der Waals surface area contributed by atoms with Crippen molar-refractivity contribution in [2.45, 2.75) is 26.4 Å². The minimum absolute atomic E-state index is 0.201. The van der Waals surface area contributed by atoms with Gasteiger partial charge in [-0.15, -0.1) is 0 Å². The van der Waals surface area contributed by atoms with Crippen molar-refractivity contribution in [2.24, 2.45) is 0 Å². The van der Waals surface area contributed by atoms with E-state index in [0.717, 1.165) is 17.0 Å². The van der Waals surface area contributed by atoms with Gasteiger partial charge in [-0.05, 0) is 47.9 Å². The summed E-state index contributed by atoms with van der Waals surface area (Å²) < 4.78 is 7.87. The molecule has 5 heteroatoms. The van der Waals surface area contributed by atoms with Crippen LogP contribution in [0.1, 0.15) is 41.4 Å². The van der Waals surface area contributed by atoms with E-state index < -0.39 is 0 Å². The number of hydrogen-bond donors (Lipinski definition) is 1. The normalized spacial score (nSPS) is 11.0. The van der Waals surface area contributed by atoms with Crippen LogP contribution in [-0.4, -0.2) is 15.3 Å². The third kappa shape index (κ3) is 4.29. The molecule has 0 aliphatic heterocycles. The lowest BCUT2D eigenvalue weighted by Crippen LogP contribution is -2.13. The molecule has 0 unspecified atom stereocenters. The number of fused-ring (bicyclic) bond motifs is 1. The van der Waals surface area contributed by atoms with E-state index in [0.29, 0.717) is 17.2 Å². The summed E-state index contributed by atoms with van der Waals surface area (Å²) in [5.41, 5.74) is 4.15. The zero-order valence-corrected chi connectivity index (χ0v) is 16.5. The van der Waals surface area contributed by atoms with Gasteiger partial charge in [0.05, 0.1) is 11.3 Å². The van der Waals surface area contributed by atoms with Crippen molar-refractivity contribution in [2.75, 3.05) is 5.32 Å². The average molecular weight is 385 g/mol. The highest BCUT2D eigenvalue weighted by Crippen LogP contribution is 2.22. The molecule has 2 aromatic carbocycles. The minimum atomic E-state index is -0.201. The fourth-order valence-corrected chi connectivity index (χ4v) is 3.14. The van der Waals surface area contributed by atoms with Crippen LogP contribution < -0.4 is 10.1 Å². The van der Waals surface area contributed by atoms with Crippen LogP contribution in [-0.2, 0) is 6.61 Å². The number of carbonyl (C=O) groups is 1. The molecule has 4 rings (SSSR count). The highest BCUT2D eigenvalue weighted by Gasteiger charge is 2.13. The molecule has 0 aliphatic rings. The van der Waals surface area contributed by atoms with Crippen molar-refractivity contribution in [3.8, 4) is 5.75 Å². The third-order valence-electron chi connectivity index (χ3n) is 4.76. The first-order valence-corrected chi connectivity index (χ1v) is 9.66. The molecule has 5 nitrogen and oxygen atoms in total. The van der Waals surface area contributed by atoms with Gasteiger partial charge in [0.1, 0.15) is 18.0 Å². The number of pyridine rings is 1. The van der Waals surface area contributed by atoms with Crippen molar-refractivity contribution in [3.63, 3.8) is 0 Å². The summed E-state index contributed by atoms with van der Waals surface area (Å²) in [6, 6.07) is 21.0. The molecule has 0 saturated heterocycles. The van der Waals surface area contributed by atoms with Gasteiger partial charge in [0.2, 0.25) is 0 Å². The molecule has 0 fully saturated rings. The number of rotatable bonds is 6. The highest BCUT2D eigenvalue weighted by molar-refractivity contribution is 6.06. The lowest BCUT2D eigenvalue weighted by Gasteiger charge is -2.12. The van der Waals surface area contributed by atoms with Gasteiger partial charge in [-0.2, -0.15) is 0 Å². The summed E-state index contributed by atoms with van der Waals surface area (Å²) in [5.74, 6) is 0.780. The zero-order chi connectivity index (χ0) is 20.2. The second-order valence-electron chi connectivity index (χ2n) is 7.21. The predicted molar refractivity (Wildman–Crippen MR) is 114 cm³/mol. The minimum Gasteiger partial charge on any atom is -0.486 e. The molecule has 0 radical (unpaired) electrons. The second-order valence-corrected chi connectivity index (χ2v) is 7.21. The van der Waals surface area contributed by atoms with Crippen LogP contribution in [0, 0.1) is 0 Å². The molecule has 2 heterocycles. The first kappa shape index (κ1) is 18.7. The average Bonchev–Trinajstić information content (AvgIpc) is 3.16. The predicted octanol–water partition coefficient (Wildman–Crippen LogP) is 5.29. The fourth-order valence-electron chi connectivity index (χ4n) is 3.14. The first-order chi connectivity index (χ1) is 14.1. The maximum absolute atomic E-state index is 12.8. The Morgan fingerprint density at radius 1 is 1.03 bits per heavy atom. The lowest BCUT2D eigenvalue weighted by atomic mass is 10.0. The molecule has 0 aliphatic carbocycles. The Labute approximate surface area is 170 Å². The van der Waals surface area contributed by atoms with E-state index >= 15 is 0 Å². The van der Waals surface area contributed by atoms with E-state index in [4.69, 9.17) is 4.74 Å². The van der Waals surface area contributed by atoms with Crippen LogP contribution in [0.5, 0.6) is 5.75 Å². The highest BCUT2D eigenvalue weighted by atomic mass is 16.5. The van der Waals surface area contributed by atoms with Crippen molar-refractivity contribution in [3.05, 3.63) is 95.9 Å². The molecule has 146 valence electrons. The zero-order valence-electron chi connectivity index (χ0n) is 16.5. The van der Waals surface area contributed by atoms with E-state index in [9.17, 15) is 4.79 Å². The van der Waals surface area contributed by atoms with Gasteiger partial charge in [0.25, 0.3) is 5.91 Å². The number of anilines is 1. The van der Waals surface area contributed by atoms with Gasteiger partial charge in [-0.1, -0.05) is 44.2 Å². The topological polar surface area (TPSA) is 55.6 Å². The van der Waals surface area contributed by atoms with Gasteiger partial charge >= 0.3 is 0 Å². The van der Waals surface area contributed by atoms with Crippen LogP contribution in [0.3, 0.4) is 0 Å². The van der Waals surface area contributed by atoms with Crippen LogP contribution in [0.25, 0.3) is 5.65 Å². The van der Waals surface area contributed by atoms with Gasteiger partial charge < -0.3 is 14.5 Å². The Balaban J connectivity index is 1.47. The molecule has 0 saturated carbocycles. The Kier molecular flexibility index (Phi) is 5.29. The van der Waals surface area contributed by atoms with Crippen LogP contribution >= 0.6 is 0 Å². The summed E-state index contributed by atoms with van der Waals surface area (Å²) in [7, 11) is 0. The molecule has 4 aromatic rings. The van der Waals surface area contributed by atoms with Crippen molar-refractivity contribution < 1.29 is 9.53 Å². The van der Waals surface area contributed by atoms with Crippen molar-refractivity contribution >= 4 is 17.2 Å². The molecule has 2 aromatic heterocycles. The number of carbonyl (C=O) groups excluding carboxylic acids is 1. The maximum Gasteiger partial charge on any atom is 0.259 e. The largest absolute Gasteiger partial charge is 0.486 e. The quantitative estimate of drug-likeness (QED) is 0.491. The molecule has 1 amide bonds. The number of nitrogens with zero attached hydrogens (tertiary/aromatic N) is 2. The number of aromatic nitrogens is 2. The van der Waals surface area contributed by atoms with Gasteiger partial charge in [0, 0.05) is 18.1 Å². The van der Waals surface area contributed by atoms with Crippen molar-refractivity contribution in [1.29, 1.82) is 0 Å². The number of hydrogen-bond acceptors (Lipinski definition) is 3. The number of para-hydroxylation sites is 1. The second kappa shape index (κ2) is 8.19. The van der Waals surface area contributed by atoms with Crippen LogP contribution in [0.4, 0.5) is 5.69 Å². The first-order valence-electron chi connectivity index (χ1n) is 9.66. The molecule has 1 N–H and O–H groups in total. The Morgan fingerprint density at radius 2 is 1.79 bits per heavy atom. The number of benzene rings is 2. The SMILES string of the molecule is CC(C)c1ccc(NC(=O)c2ccccc2OCc2cn3ccccc3n2)cc1. The Morgan fingerprint density at radius 3 is 2.55 bits per heavy atom. The van der Waals surface area contributed by atoms with Crippen LogP contribution in [0.2, 0.25) is 0 Å². The van der Waals surface area contributed by atoms with Crippen molar-refractivity contribution in [1.82, 2.24) is 9.38 Å². The number of amides is 1. The molecular weight excluding hydrogens is 362 g/mol. The molecule has 0 bridgehead atoms. The van der Waals surface area contributed by atoms with Gasteiger partial charge in [-0.3, -0.25) is 4.79 Å². The van der Waals surface area contributed by atoms with E-state index in [1.807, 2.05) is 71.4 Å². The summed E-state index contributed by atoms with van der Waals surface area (Å²) in [6.07, 6.45) is 3.87. The van der Waals surface area contributed by atoms with Gasteiger partial charge in [-0.25, -0.2) is 4.98 Å². The van der Waals surface area contributed by atoms with E-state index in [2.05, 4.69) is 24.1 Å². The molecular formula is C24H23N3O2. The maximum atomic E-state index is 12.8. The lowest BCUT2D eigenvalue weighted by molar-refractivity contribution is 0.102. The van der Waals surface area contributed by atoms with E-state index in [1.165, 1.54) is 5.56 Å².